The summed E-state index contributed by atoms with van der Waals surface area (Å²) in [6.07, 6.45) is 3.07. The van der Waals surface area contributed by atoms with Gasteiger partial charge in [-0.1, -0.05) is 0 Å². The van der Waals surface area contributed by atoms with Crippen LogP contribution in [0.4, 0.5) is 0 Å². The lowest BCUT2D eigenvalue weighted by Gasteiger charge is -2.34. The zero-order valence-corrected chi connectivity index (χ0v) is 12.3. The van der Waals surface area contributed by atoms with E-state index in [1.54, 1.807) is 39.9 Å². The monoisotopic (exact) mass is 299 g/mol. The van der Waals surface area contributed by atoms with Crippen molar-refractivity contribution in [2.75, 3.05) is 26.2 Å². The van der Waals surface area contributed by atoms with Gasteiger partial charge in [-0.3, -0.25) is 9.59 Å². The first kappa shape index (κ1) is 14.2. The summed E-state index contributed by atoms with van der Waals surface area (Å²) in [6.45, 7) is 3.89. The van der Waals surface area contributed by atoms with Gasteiger partial charge in [0.15, 0.2) is 0 Å². The lowest BCUT2D eigenvalue weighted by atomic mass is 10.1. The van der Waals surface area contributed by atoms with Gasteiger partial charge in [0, 0.05) is 38.7 Å². The van der Waals surface area contributed by atoms with E-state index in [0.717, 1.165) is 5.69 Å². The Bertz CT molecular complexity index is 658. The van der Waals surface area contributed by atoms with Crippen molar-refractivity contribution in [1.29, 1.82) is 0 Å². The van der Waals surface area contributed by atoms with E-state index in [2.05, 4.69) is 10.1 Å². The molecule has 114 valence electrons. The van der Waals surface area contributed by atoms with Gasteiger partial charge < -0.3 is 9.80 Å². The van der Waals surface area contributed by atoms with Gasteiger partial charge in [0.2, 0.25) is 5.91 Å². The molecule has 3 rings (SSSR count). The lowest BCUT2D eigenvalue weighted by molar-refractivity contribution is -0.130. The van der Waals surface area contributed by atoms with Crippen LogP contribution in [0.25, 0.3) is 5.69 Å². The first-order chi connectivity index (χ1) is 10.6. The fraction of sp³-hybridized carbons (Fsp3) is 0.333. The molecule has 1 saturated heterocycles. The topological polar surface area (TPSA) is 71.3 Å². The molecule has 2 heterocycles. The Morgan fingerprint density at radius 1 is 1.00 bits per heavy atom. The number of carbonyl (C=O) groups is 2. The first-order valence-corrected chi connectivity index (χ1v) is 7.15. The predicted octanol–water partition coefficient (Wildman–Crippen LogP) is 0.572. The number of benzene rings is 1. The minimum Gasteiger partial charge on any atom is -0.339 e. The van der Waals surface area contributed by atoms with Crippen molar-refractivity contribution in [3.05, 3.63) is 42.5 Å². The molecular weight excluding hydrogens is 282 g/mol. The first-order valence-electron chi connectivity index (χ1n) is 7.15. The molecule has 1 aromatic carbocycles. The Balaban J connectivity index is 1.67. The smallest absolute Gasteiger partial charge is 0.253 e. The molecule has 1 aliphatic heterocycles. The third-order valence-corrected chi connectivity index (χ3v) is 3.81. The van der Waals surface area contributed by atoms with Crippen molar-refractivity contribution < 1.29 is 9.59 Å². The van der Waals surface area contributed by atoms with Crippen LogP contribution < -0.4 is 0 Å². The molecule has 22 heavy (non-hydrogen) atoms. The molecule has 0 spiro atoms. The summed E-state index contributed by atoms with van der Waals surface area (Å²) < 4.78 is 1.64. The molecule has 0 atom stereocenters. The molecule has 1 aliphatic rings. The fourth-order valence-electron chi connectivity index (χ4n) is 2.51. The standard InChI is InChI=1S/C15H17N5O2/c1-12(21)18-6-8-19(9-7-18)15(22)13-2-4-14(5-3-13)20-11-16-10-17-20/h2-5,10-11H,6-9H2,1H3. The van der Waals surface area contributed by atoms with Gasteiger partial charge in [0.25, 0.3) is 5.91 Å². The summed E-state index contributed by atoms with van der Waals surface area (Å²) in [5.74, 6) is 0.0534. The third kappa shape index (κ3) is 2.83. The highest BCUT2D eigenvalue weighted by Gasteiger charge is 2.23. The molecule has 0 radical (unpaired) electrons. The third-order valence-electron chi connectivity index (χ3n) is 3.81. The van der Waals surface area contributed by atoms with Crippen LogP contribution in [0.2, 0.25) is 0 Å². The summed E-state index contributed by atoms with van der Waals surface area (Å²) in [7, 11) is 0. The number of rotatable bonds is 2. The molecule has 0 saturated carbocycles. The van der Waals surface area contributed by atoms with E-state index >= 15 is 0 Å². The maximum Gasteiger partial charge on any atom is 0.253 e. The molecule has 1 fully saturated rings. The normalized spacial score (nSPS) is 15.0. The summed E-state index contributed by atoms with van der Waals surface area (Å²) in [6, 6.07) is 7.26. The average molecular weight is 299 g/mol. The Morgan fingerprint density at radius 2 is 1.64 bits per heavy atom. The lowest BCUT2D eigenvalue weighted by Crippen LogP contribution is -2.50. The maximum absolute atomic E-state index is 12.5. The molecule has 0 unspecified atom stereocenters. The van der Waals surface area contributed by atoms with Gasteiger partial charge >= 0.3 is 0 Å². The summed E-state index contributed by atoms with van der Waals surface area (Å²) in [4.78, 5) is 31.2. The highest BCUT2D eigenvalue weighted by molar-refractivity contribution is 5.94. The Labute approximate surface area is 128 Å². The van der Waals surface area contributed by atoms with Gasteiger partial charge in [-0.15, -0.1) is 0 Å². The van der Waals surface area contributed by atoms with Crippen LogP contribution in [0.1, 0.15) is 17.3 Å². The van der Waals surface area contributed by atoms with Gasteiger partial charge in [0.1, 0.15) is 12.7 Å². The zero-order valence-electron chi connectivity index (χ0n) is 12.3. The van der Waals surface area contributed by atoms with E-state index in [1.807, 2.05) is 12.1 Å². The molecule has 1 aromatic heterocycles. The molecule has 7 heteroatoms. The summed E-state index contributed by atoms with van der Waals surface area (Å²) in [5, 5.41) is 4.05. The van der Waals surface area contributed by atoms with Crippen LogP contribution >= 0.6 is 0 Å². The summed E-state index contributed by atoms with van der Waals surface area (Å²) >= 11 is 0. The SMILES string of the molecule is CC(=O)N1CCN(C(=O)c2ccc(-n3cncn3)cc2)CC1. The average Bonchev–Trinajstić information content (AvgIpc) is 3.09. The van der Waals surface area contributed by atoms with Gasteiger partial charge in [-0.2, -0.15) is 5.10 Å². The van der Waals surface area contributed by atoms with Gasteiger partial charge in [-0.05, 0) is 24.3 Å². The fourth-order valence-corrected chi connectivity index (χ4v) is 2.51. The van der Waals surface area contributed by atoms with Crippen LogP contribution in [0.5, 0.6) is 0 Å². The van der Waals surface area contributed by atoms with E-state index in [4.69, 9.17) is 0 Å². The zero-order chi connectivity index (χ0) is 15.5. The number of carbonyl (C=O) groups excluding carboxylic acids is 2. The predicted molar refractivity (Wildman–Crippen MR) is 79.5 cm³/mol. The summed E-state index contributed by atoms with van der Waals surface area (Å²) in [5.41, 5.74) is 1.50. The van der Waals surface area contributed by atoms with Gasteiger partial charge in [0.05, 0.1) is 5.69 Å². The van der Waals surface area contributed by atoms with Crippen molar-refractivity contribution >= 4 is 11.8 Å². The van der Waals surface area contributed by atoms with Crippen molar-refractivity contribution in [2.45, 2.75) is 6.92 Å². The quantitative estimate of drug-likeness (QED) is 0.813. The number of aromatic nitrogens is 3. The molecule has 0 bridgehead atoms. The van der Waals surface area contributed by atoms with Crippen molar-refractivity contribution in [3.63, 3.8) is 0 Å². The molecule has 0 N–H and O–H groups in total. The number of hydrogen-bond acceptors (Lipinski definition) is 4. The molecular formula is C15H17N5O2. The minimum absolute atomic E-state index is 0.00616. The minimum atomic E-state index is -0.00616. The van der Waals surface area contributed by atoms with E-state index in [9.17, 15) is 9.59 Å². The second-order valence-corrected chi connectivity index (χ2v) is 5.19. The van der Waals surface area contributed by atoms with E-state index in [-0.39, 0.29) is 11.8 Å². The van der Waals surface area contributed by atoms with Crippen molar-refractivity contribution in [2.24, 2.45) is 0 Å². The van der Waals surface area contributed by atoms with Crippen LogP contribution in [0.15, 0.2) is 36.9 Å². The highest BCUT2D eigenvalue weighted by atomic mass is 16.2. The number of hydrogen-bond donors (Lipinski definition) is 0. The van der Waals surface area contributed by atoms with Crippen molar-refractivity contribution in [3.8, 4) is 5.69 Å². The molecule has 2 aromatic rings. The highest BCUT2D eigenvalue weighted by Crippen LogP contribution is 2.12. The Morgan fingerprint density at radius 3 is 2.18 bits per heavy atom. The number of piperazine rings is 1. The second-order valence-electron chi connectivity index (χ2n) is 5.19. The molecule has 7 nitrogen and oxygen atoms in total. The Kier molecular flexibility index (Phi) is 3.86. The van der Waals surface area contributed by atoms with E-state index in [0.29, 0.717) is 31.7 Å². The van der Waals surface area contributed by atoms with Crippen LogP contribution in [0, 0.1) is 0 Å². The molecule has 0 aliphatic carbocycles. The van der Waals surface area contributed by atoms with E-state index in [1.165, 1.54) is 6.33 Å². The molecule has 2 amide bonds. The van der Waals surface area contributed by atoms with Crippen LogP contribution in [-0.2, 0) is 4.79 Å². The number of nitrogens with zero attached hydrogens (tertiary/aromatic N) is 5. The van der Waals surface area contributed by atoms with Gasteiger partial charge in [-0.25, -0.2) is 9.67 Å². The van der Waals surface area contributed by atoms with Crippen LogP contribution in [0.3, 0.4) is 0 Å². The largest absolute Gasteiger partial charge is 0.339 e. The number of amides is 2. The maximum atomic E-state index is 12.5. The Hall–Kier alpha value is -2.70. The van der Waals surface area contributed by atoms with E-state index < -0.39 is 0 Å². The second kappa shape index (κ2) is 5.97. The van der Waals surface area contributed by atoms with Crippen molar-refractivity contribution in [1.82, 2.24) is 24.6 Å². The van der Waals surface area contributed by atoms with Crippen LogP contribution in [-0.4, -0.2) is 62.6 Å².